The van der Waals surface area contributed by atoms with Crippen molar-refractivity contribution in [1.82, 2.24) is 25.3 Å². The summed E-state index contributed by atoms with van der Waals surface area (Å²) in [5, 5.41) is 11.3. The molecule has 1 atom stereocenters. The Balaban J connectivity index is 2.38. The number of nitrogens with one attached hydrogen (secondary N) is 1. The Kier molecular flexibility index (Phi) is 4.60. The fourth-order valence-corrected chi connectivity index (χ4v) is 2.39. The van der Waals surface area contributed by atoms with Crippen LogP contribution in [0.5, 0.6) is 0 Å². The van der Waals surface area contributed by atoms with E-state index in [9.17, 15) is 4.39 Å². The van der Waals surface area contributed by atoms with Gasteiger partial charge in [0.25, 0.3) is 0 Å². The lowest BCUT2D eigenvalue weighted by Crippen LogP contribution is -2.26. The van der Waals surface area contributed by atoms with Gasteiger partial charge in [0, 0.05) is 7.05 Å². The van der Waals surface area contributed by atoms with E-state index in [-0.39, 0.29) is 11.9 Å². The third-order valence-corrected chi connectivity index (χ3v) is 3.31. The molecule has 0 aliphatic carbocycles. The molecular formula is C12H15BrFN5. The molecule has 2 aromatic heterocycles. The van der Waals surface area contributed by atoms with Gasteiger partial charge in [-0.1, -0.05) is 12.1 Å². The van der Waals surface area contributed by atoms with Gasteiger partial charge in [-0.15, -0.1) is 5.10 Å². The Bertz CT molecular complexity index is 520. The molecule has 0 aromatic carbocycles. The number of halogens is 2. The zero-order valence-electron chi connectivity index (χ0n) is 10.8. The van der Waals surface area contributed by atoms with Crippen LogP contribution in [0.3, 0.4) is 0 Å². The molecule has 2 aromatic rings. The van der Waals surface area contributed by atoms with Gasteiger partial charge < -0.3 is 5.32 Å². The van der Waals surface area contributed by atoms with Crippen molar-refractivity contribution < 1.29 is 4.39 Å². The van der Waals surface area contributed by atoms with Crippen molar-refractivity contribution in [3.8, 4) is 0 Å². The molecule has 7 heteroatoms. The zero-order valence-corrected chi connectivity index (χ0v) is 12.4. The van der Waals surface area contributed by atoms with Crippen molar-refractivity contribution in [3.63, 3.8) is 0 Å². The summed E-state index contributed by atoms with van der Waals surface area (Å²) >= 11 is 3.39. The first-order valence-corrected chi connectivity index (χ1v) is 6.82. The van der Waals surface area contributed by atoms with E-state index in [1.54, 1.807) is 10.7 Å². The van der Waals surface area contributed by atoms with Crippen LogP contribution in [-0.4, -0.2) is 26.5 Å². The summed E-state index contributed by atoms with van der Waals surface area (Å²) < 4.78 is 15.3. The van der Waals surface area contributed by atoms with Crippen molar-refractivity contribution in [2.75, 3.05) is 6.54 Å². The van der Waals surface area contributed by atoms with Gasteiger partial charge in [0.1, 0.15) is 5.82 Å². The monoisotopic (exact) mass is 327 g/mol. The molecule has 0 aliphatic heterocycles. The normalized spacial score (nSPS) is 12.6. The Morgan fingerprint density at radius 3 is 2.79 bits per heavy atom. The molecule has 0 amide bonds. The molecule has 0 saturated heterocycles. The summed E-state index contributed by atoms with van der Waals surface area (Å²) in [4.78, 5) is 4.14. The number of hydrogen-bond donors (Lipinski definition) is 1. The van der Waals surface area contributed by atoms with Gasteiger partial charge >= 0.3 is 0 Å². The van der Waals surface area contributed by atoms with Crippen LogP contribution in [0.2, 0.25) is 0 Å². The number of nitrogens with zero attached hydrogens (tertiary/aromatic N) is 4. The van der Waals surface area contributed by atoms with Crippen molar-refractivity contribution in [3.05, 3.63) is 40.1 Å². The average Bonchev–Trinajstić information content (AvgIpc) is 2.73. The summed E-state index contributed by atoms with van der Waals surface area (Å²) in [5.74, 6) is -0.347. The molecule has 0 spiro atoms. The van der Waals surface area contributed by atoms with E-state index in [1.165, 1.54) is 12.3 Å². The van der Waals surface area contributed by atoms with E-state index >= 15 is 0 Å². The van der Waals surface area contributed by atoms with E-state index in [2.05, 4.69) is 43.5 Å². The van der Waals surface area contributed by atoms with Crippen molar-refractivity contribution >= 4 is 15.9 Å². The van der Waals surface area contributed by atoms with Gasteiger partial charge in [-0.3, -0.25) is 4.98 Å². The van der Waals surface area contributed by atoms with Gasteiger partial charge in [-0.25, -0.2) is 9.07 Å². The van der Waals surface area contributed by atoms with E-state index < -0.39 is 0 Å². The summed E-state index contributed by atoms with van der Waals surface area (Å²) in [6.45, 7) is 2.90. The van der Waals surface area contributed by atoms with Crippen molar-refractivity contribution in [2.24, 2.45) is 7.05 Å². The maximum absolute atomic E-state index is 13.0. The topological polar surface area (TPSA) is 55.6 Å². The first kappa shape index (κ1) is 14.1. The summed E-state index contributed by atoms with van der Waals surface area (Å²) in [7, 11) is 1.82. The number of aromatic nitrogens is 4. The fraction of sp³-hybridized carbons (Fsp3) is 0.417. The molecule has 102 valence electrons. The minimum atomic E-state index is -0.347. The van der Waals surface area contributed by atoms with Crippen LogP contribution in [0.15, 0.2) is 22.9 Å². The van der Waals surface area contributed by atoms with E-state index in [1.807, 2.05) is 7.05 Å². The first-order chi connectivity index (χ1) is 9.13. The van der Waals surface area contributed by atoms with Crippen molar-refractivity contribution in [2.45, 2.75) is 19.4 Å². The maximum Gasteiger partial charge on any atom is 0.153 e. The van der Waals surface area contributed by atoms with E-state index in [0.29, 0.717) is 4.60 Å². The van der Waals surface area contributed by atoms with Crippen LogP contribution >= 0.6 is 15.9 Å². The van der Waals surface area contributed by atoms with Gasteiger partial charge in [-0.05, 0) is 41.0 Å². The summed E-state index contributed by atoms with van der Waals surface area (Å²) in [6.07, 6.45) is 2.20. The highest BCUT2D eigenvalue weighted by Gasteiger charge is 2.22. The third-order valence-electron chi connectivity index (χ3n) is 2.74. The second kappa shape index (κ2) is 6.21. The quantitative estimate of drug-likeness (QED) is 0.914. The van der Waals surface area contributed by atoms with Gasteiger partial charge in [0.05, 0.1) is 23.6 Å². The lowest BCUT2D eigenvalue weighted by Gasteiger charge is -2.18. The highest BCUT2D eigenvalue weighted by atomic mass is 79.9. The number of aryl methyl sites for hydroxylation is 1. The smallest absolute Gasteiger partial charge is 0.153 e. The standard InChI is InChI=1S/C12H15BrFN5/c1-3-6-15-10(9-5-4-8(14)7-16-9)11-12(13)17-18-19(11)2/h4-5,7,10,15H,3,6H2,1-2H3. The van der Waals surface area contributed by atoms with E-state index in [0.717, 1.165) is 24.4 Å². The van der Waals surface area contributed by atoms with Gasteiger partial charge in [0.2, 0.25) is 0 Å². The molecule has 19 heavy (non-hydrogen) atoms. The molecule has 0 saturated carbocycles. The van der Waals surface area contributed by atoms with Crippen LogP contribution in [-0.2, 0) is 7.05 Å². The Hall–Kier alpha value is -1.34. The summed E-state index contributed by atoms with van der Waals surface area (Å²) in [5.41, 5.74) is 1.61. The first-order valence-electron chi connectivity index (χ1n) is 6.03. The minimum Gasteiger partial charge on any atom is -0.304 e. The molecule has 0 fully saturated rings. The van der Waals surface area contributed by atoms with Crippen LogP contribution < -0.4 is 5.32 Å². The SMILES string of the molecule is CCCNC(c1ccc(F)cn1)c1c(Br)nnn1C. The number of pyridine rings is 1. The van der Waals surface area contributed by atoms with Crippen LogP contribution in [0.4, 0.5) is 4.39 Å². The molecule has 1 unspecified atom stereocenters. The third kappa shape index (κ3) is 3.16. The Morgan fingerprint density at radius 1 is 1.47 bits per heavy atom. The number of rotatable bonds is 5. The molecule has 1 N–H and O–H groups in total. The predicted molar refractivity (Wildman–Crippen MR) is 73.0 cm³/mol. The molecular weight excluding hydrogens is 313 g/mol. The predicted octanol–water partition coefficient (Wildman–Crippen LogP) is 2.20. The number of hydrogen-bond acceptors (Lipinski definition) is 4. The lowest BCUT2D eigenvalue weighted by atomic mass is 10.1. The molecule has 2 rings (SSSR count). The second-order valence-corrected chi connectivity index (χ2v) is 4.93. The molecule has 5 nitrogen and oxygen atoms in total. The largest absolute Gasteiger partial charge is 0.304 e. The zero-order chi connectivity index (χ0) is 13.8. The molecule has 0 radical (unpaired) electrons. The van der Waals surface area contributed by atoms with Gasteiger partial charge in [0.15, 0.2) is 4.60 Å². The van der Waals surface area contributed by atoms with Crippen LogP contribution in [0.25, 0.3) is 0 Å². The van der Waals surface area contributed by atoms with Crippen LogP contribution in [0.1, 0.15) is 30.8 Å². The highest BCUT2D eigenvalue weighted by molar-refractivity contribution is 9.10. The lowest BCUT2D eigenvalue weighted by molar-refractivity contribution is 0.536. The second-order valence-electron chi connectivity index (χ2n) is 4.18. The highest BCUT2D eigenvalue weighted by Crippen LogP contribution is 2.25. The van der Waals surface area contributed by atoms with Gasteiger partial charge in [-0.2, -0.15) is 0 Å². The molecule has 0 aliphatic rings. The summed E-state index contributed by atoms with van der Waals surface area (Å²) in [6, 6.07) is 2.90. The molecule has 0 bridgehead atoms. The Morgan fingerprint density at radius 2 is 2.26 bits per heavy atom. The maximum atomic E-state index is 13.0. The Labute approximate surface area is 119 Å². The minimum absolute atomic E-state index is 0.171. The van der Waals surface area contributed by atoms with Crippen molar-refractivity contribution in [1.29, 1.82) is 0 Å². The van der Waals surface area contributed by atoms with Crippen LogP contribution in [0, 0.1) is 5.82 Å². The average molecular weight is 328 g/mol. The molecule has 2 heterocycles. The van der Waals surface area contributed by atoms with E-state index in [4.69, 9.17) is 0 Å². The fourth-order valence-electron chi connectivity index (χ4n) is 1.83.